The molecule has 0 saturated carbocycles. The predicted octanol–water partition coefficient (Wildman–Crippen LogP) is 1.91. The van der Waals surface area contributed by atoms with Gasteiger partial charge in [0.2, 0.25) is 0 Å². The maximum Gasteiger partial charge on any atom is 0.396 e. The van der Waals surface area contributed by atoms with Crippen LogP contribution < -0.4 is 0 Å². The van der Waals surface area contributed by atoms with Crippen molar-refractivity contribution in [2.24, 2.45) is 0 Å². The average Bonchev–Trinajstić information content (AvgIpc) is 2.95. The zero-order valence-electron chi connectivity index (χ0n) is 10.4. The lowest BCUT2D eigenvalue weighted by Crippen LogP contribution is -2.10. The molecule has 100 valence electrons. The molecule has 0 radical (unpaired) electrons. The van der Waals surface area contributed by atoms with Crippen LogP contribution in [-0.4, -0.2) is 40.7 Å². The number of nitrogens with zero attached hydrogens (tertiary/aromatic N) is 2. The summed E-state index contributed by atoms with van der Waals surface area (Å²) in [7, 11) is 0. The van der Waals surface area contributed by atoms with E-state index in [1.54, 1.807) is 6.92 Å². The van der Waals surface area contributed by atoms with Gasteiger partial charge >= 0.3 is 11.9 Å². The highest BCUT2D eigenvalue weighted by Crippen LogP contribution is 2.25. The lowest BCUT2D eigenvalue weighted by molar-refractivity contribution is 0.0475. The summed E-state index contributed by atoms with van der Waals surface area (Å²) < 4.78 is 15.6. The molecule has 0 N–H and O–H groups in total. The maximum atomic E-state index is 11.3. The van der Waals surface area contributed by atoms with E-state index in [0.29, 0.717) is 11.3 Å². The molecule has 18 heavy (non-hydrogen) atoms. The molecule has 1 aliphatic heterocycles. The van der Waals surface area contributed by atoms with Gasteiger partial charge in [-0.05, 0) is 26.7 Å². The second-order valence-electron chi connectivity index (χ2n) is 4.05. The van der Waals surface area contributed by atoms with E-state index >= 15 is 0 Å². The smallest absolute Gasteiger partial charge is 0.396 e. The van der Waals surface area contributed by atoms with E-state index in [1.165, 1.54) is 11.8 Å². The molecule has 0 amide bonds. The Morgan fingerprint density at radius 2 is 2.33 bits per heavy atom. The molecule has 2 rings (SSSR count). The van der Waals surface area contributed by atoms with E-state index in [2.05, 4.69) is 17.1 Å². The zero-order chi connectivity index (χ0) is 13.0. The largest absolute Gasteiger partial charge is 0.459 e. The van der Waals surface area contributed by atoms with Gasteiger partial charge in [-0.15, -0.1) is 5.10 Å². The van der Waals surface area contributed by atoms with E-state index in [4.69, 9.17) is 13.9 Å². The Morgan fingerprint density at radius 1 is 1.50 bits per heavy atom. The van der Waals surface area contributed by atoms with Gasteiger partial charge in [0.05, 0.1) is 18.8 Å². The highest BCUT2D eigenvalue weighted by atomic mass is 32.2. The van der Waals surface area contributed by atoms with Gasteiger partial charge in [0.15, 0.2) is 0 Å². The van der Waals surface area contributed by atoms with Crippen LogP contribution in [0.1, 0.15) is 37.4 Å². The summed E-state index contributed by atoms with van der Waals surface area (Å²) in [5.41, 5.74) is 0. The minimum absolute atomic E-state index is 0.0972. The van der Waals surface area contributed by atoms with E-state index in [-0.39, 0.29) is 18.6 Å². The number of esters is 1. The monoisotopic (exact) mass is 272 g/mol. The predicted molar refractivity (Wildman–Crippen MR) is 64.5 cm³/mol. The van der Waals surface area contributed by atoms with Gasteiger partial charge in [0.25, 0.3) is 5.22 Å². The van der Waals surface area contributed by atoms with E-state index in [1.807, 2.05) is 0 Å². The number of ether oxygens (including phenoxy) is 2. The van der Waals surface area contributed by atoms with Crippen molar-refractivity contribution in [1.29, 1.82) is 0 Å². The summed E-state index contributed by atoms with van der Waals surface area (Å²) in [6, 6.07) is 0. The van der Waals surface area contributed by atoms with Crippen molar-refractivity contribution in [1.82, 2.24) is 10.2 Å². The van der Waals surface area contributed by atoms with Crippen molar-refractivity contribution in [2.75, 3.05) is 12.4 Å². The van der Waals surface area contributed by atoms with Crippen molar-refractivity contribution >= 4 is 17.7 Å². The van der Waals surface area contributed by atoms with Crippen LogP contribution in [0.2, 0.25) is 0 Å². The second kappa shape index (κ2) is 6.19. The van der Waals surface area contributed by atoms with Gasteiger partial charge in [0, 0.05) is 5.75 Å². The standard InChI is InChI=1S/C11H16N2O4S/c1-3-15-10(14)9-12-13-11(17-9)18-6-8-5-4-7(2)16-8/h7-8H,3-6H2,1-2H3. The van der Waals surface area contributed by atoms with Crippen molar-refractivity contribution in [2.45, 2.75) is 44.1 Å². The van der Waals surface area contributed by atoms with Crippen molar-refractivity contribution in [3.05, 3.63) is 5.89 Å². The van der Waals surface area contributed by atoms with Crippen LogP contribution >= 0.6 is 11.8 Å². The summed E-state index contributed by atoms with van der Waals surface area (Å²) in [6.45, 7) is 4.08. The zero-order valence-corrected chi connectivity index (χ0v) is 11.2. The Morgan fingerprint density at radius 3 is 3.00 bits per heavy atom. The number of hydrogen-bond donors (Lipinski definition) is 0. The van der Waals surface area contributed by atoms with Crippen molar-refractivity contribution < 1.29 is 18.7 Å². The SMILES string of the molecule is CCOC(=O)c1nnc(SCC2CCC(C)O2)o1. The maximum absolute atomic E-state index is 11.3. The van der Waals surface area contributed by atoms with Crippen LogP contribution in [0.15, 0.2) is 9.64 Å². The number of hydrogen-bond acceptors (Lipinski definition) is 7. The molecule has 6 nitrogen and oxygen atoms in total. The second-order valence-corrected chi connectivity index (χ2v) is 5.02. The highest BCUT2D eigenvalue weighted by molar-refractivity contribution is 7.99. The van der Waals surface area contributed by atoms with Crippen LogP contribution in [0.5, 0.6) is 0 Å². The lowest BCUT2D eigenvalue weighted by Gasteiger charge is -2.08. The molecule has 2 unspecified atom stereocenters. The van der Waals surface area contributed by atoms with Crippen LogP contribution in [-0.2, 0) is 9.47 Å². The highest BCUT2D eigenvalue weighted by Gasteiger charge is 2.23. The Bertz CT molecular complexity index is 410. The van der Waals surface area contributed by atoms with E-state index < -0.39 is 5.97 Å². The molecule has 0 spiro atoms. The molecule has 1 aliphatic rings. The normalized spacial score (nSPS) is 23.2. The molecule has 0 aromatic carbocycles. The van der Waals surface area contributed by atoms with E-state index in [0.717, 1.165) is 18.6 Å². The van der Waals surface area contributed by atoms with Crippen LogP contribution in [0.25, 0.3) is 0 Å². The third-order valence-corrected chi connectivity index (χ3v) is 3.52. The first-order valence-electron chi connectivity index (χ1n) is 5.98. The van der Waals surface area contributed by atoms with Crippen LogP contribution in [0, 0.1) is 0 Å². The Hall–Kier alpha value is -1.08. The molecular formula is C11H16N2O4S. The van der Waals surface area contributed by atoms with Gasteiger partial charge < -0.3 is 13.9 Å². The van der Waals surface area contributed by atoms with Gasteiger partial charge in [-0.1, -0.05) is 16.9 Å². The minimum atomic E-state index is -0.581. The fourth-order valence-electron chi connectivity index (χ4n) is 1.72. The fraction of sp³-hybridized carbons (Fsp3) is 0.727. The quantitative estimate of drug-likeness (QED) is 0.598. The summed E-state index contributed by atoms with van der Waals surface area (Å²) in [5.74, 6) is 0.0806. The van der Waals surface area contributed by atoms with Crippen LogP contribution in [0.3, 0.4) is 0 Å². The first-order valence-corrected chi connectivity index (χ1v) is 6.96. The van der Waals surface area contributed by atoms with Crippen molar-refractivity contribution in [3.63, 3.8) is 0 Å². The van der Waals surface area contributed by atoms with Gasteiger partial charge in [-0.2, -0.15) is 0 Å². The number of carbonyl (C=O) groups is 1. The Kier molecular flexibility index (Phi) is 4.60. The first-order chi connectivity index (χ1) is 8.69. The molecule has 7 heteroatoms. The number of carbonyl (C=O) groups excluding carboxylic acids is 1. The first kappa shape index (κ1) is 13.4. The summed E-state index contributed by atoms with van der Waals surface area (Å²) in [4.78, 5) is 11.3. The van der Waals surface area contributed by atoms with E-state index in [9.17, 15) is 4.79 Å². The lowest BCUT2D eigenvalue weighted by atomic mass is 10.2. The molecule has 1 aromatic rings. The van der Waals surface area contributed by atoms with Gasteiger partial charge in [0.1, 0.15) is 0 Å². The Labute approximate surface area is 109 Å². The molecule has 2 heterocycles. The average molecular weight is 272 g/mol. The Balaban J connectivity index is 1.81. The third kappa shape index (κ3) is 3.46. The number of rotatable bonds is 5. The molecular weight excluding hydrogens is 256 g/mol. The third-order valence-electron chi connectivity index (χ3n) is 2.57. The number of aromatic nitrogens is 2. The minimum Gasteiger partial charge on any atom is -0.459 e. The topological polar surface area (TPSA) is 74.5 Å². The van der Waals surface area contributed by atoms with Crippen LogP contribution in [0.4, 0.5) is 0 Å². The molecule has 0 aliphatic carbocycles. The summed E-state index contributed by atoms with van der Waals surface area (Å²) in [5, 5.41) is 7.81. The molecule has 1 saturated heterocycles. The summed E-state index contributed by atoms with van der Waals surface area (Å²) in [6.07, 6.45) is 2.69. The van der Waals surface area contributed by atoms with Crippen molar-refractivity contribution in [3.8, 4) is 0 Å². The molecule has 1 aromatic heterocycles. The molecule has 0 bridgehead atoms. The van der Waals surface area contributed by atoms with Gasteiger partial charge in [-0.25, -0.2) is 4.79 Å². The van der Waals surface area contributed by atoms with Gasteiger partial charge in [-0.3, -0.25) is 0 Å². The fourth-order valence-corrected chi connectivity index (χ4v) is 2.53. The summed E-state index contributed by atoms with van der Waals surface area (Å²) >= 11 is 1.40. The number of thioether (sulfide) groups is 1. The molecule has 2 atom stereocenters. The molecule has 1 fully saturated rings.